The molecule has 1 saturated carbocycles. The van der Waals surface area contributed by atoms with Crippen LogP contribution in [0.25, 0.3) is 0 Å². The van der Waals surface area contributed by atoms with Crippen molar-refractivity contribution in [2.24, 2.45) is 16.6 Å². The number of carbonyl (C=O) groups is 1. The Balaban J connectivity index is 0.00000385. The van der Waals surface area contributed by atoms with Crippen LogP contribution in [0.2, 0.25) is 0 Å². The summed E-state index contributed by atoms with van der Waals surface area (Å²) in [4.78, 5) is 15.5. The van der Waals surface area contributed by atoms with Gasteiger partial charge >= 0.3 is 0 Å². The predicted molar refractivity (Wildman–Crippen MR) is 138 cm³/mol. The number of aliphatic imine (C=N–C) groups is 1. The fourth-order valence-electron chi connectivity index (χ4n) is 3.06. The molecule has 9 heteroatoms. The molecule has 1 fully saturated rings. The maximum atomic E-state index is 14.4. The molecule has 1 amide bonds. The molecule has 0 radical (unpaired) electrons. The predicted octanol–water partition coefficient (Wildman–Crippen LogP) is 3.91. The summed E-state index contributed by atoms with van der Waals surface area (Å²) in [5.41, 5.74) is 6.83. The van der Waals surface area contributed by atoms with Crippen LogP contribution in [0.3, 0.4) is 0 Å². The molecule has 33 heavy (non-hydrogen) atoms. The van der Waals surface area contributed by atoms with Crippen LogP contribution in [-0.4, -0.2) is 31.6 Å². The summed E-state index contributed by atoms with van der Waals surface area (Å²) in [6.45, 7) is 5.42. The van der Waals surface area contributed by atoms with Crippen molar-refractivity contribution in [3.63, 3.8) is 0 Å². The summed E-state index contributed by atoms with van der Waals surface area (Å²) in [5, 5.41) is 6.51. The van der Waals surface area contributed by atoms with E-state index in [0.717, 1.165) is 24.0 Å². The van der Waals surface area contributed by atoms with Gasteiger partial charge in [0.15, 0.2) is 24.1 Å². The average Bonchev–Trinajstić information content (AvgIpc) is 3.60. The SMILES string of the molecule is CCNC(=NCc1cccc(OCC(N)=O)c1)NC(C)c1ccc(OCC2CC2)c(F)c1.I. The van der Waals surface area contributed by atoms with E-state index in [1.165, 1.54) is 6.07 Å². The Labute approximate surface area is 211 Å². The molecule has 1 aliphatic carbocycles. The van der Waals surface area contributed by atoms with Crippen molar-refractivity contribution in [1.82, 2.24) is 10.6 Å². The van der Waals surface area contributed by atoms with Crippen LogP contribution in [0.4, 0.5) is 4.39 Å². The van der Waals surface area contributed by atoms with Gasteiger partial charge in [-0.15, -0.1) is 24.0 Å². The van der Waals surface area contributed by atoms with Crippen LogP contribution in [0.5, 0.6) is 11.5 Å². The fourth-order valence-corrected chi connectivity index (χ4v) is 3.06. The van der Waals surface area contributed by atoms with Gasteiger partial charge < -0.3 is 25.8 Å². The number of halogens is 2. The van der Waals surface area contributed by atoms with Gasteiger partial charge in [-0.25, -0.2) is 9.38 Å². The van der Waals surface area contributed by atoms with Crippen molar-refractivity contribution < 1.29 is 18.7 Å². The molecule has 0 bridgehead atoms. The van der Waals surface area contributed by atoms with E-state index in [1.807, 2.05) is 38.1 Å². The first-order chi connectivity index (χ1) is 15.4. The van der Waals surface area contributed by atoms with Crippen LogP contribution < -0.4 is 25.8 Å². The number of rotatable bonds is 11. The first-order valence-electron chi connectivity index (χ1n) is 10.9. The smallest absolute Gasteiger partial charge is 0.255 e. The molecule has 0 aliphatic heterocycles. The number of guanidine groups is 1. The Bertz CT molecular complexity index is 953. The highest BCUT2D eigenvalue weighted by molar-refractivity contribution is 14.0. The molecular weight excluding hydrogens is 538 g/mol. The maximum Gasteiger partial charge on any atom is 0.255 e. The minimum atomic E-state index is -0.528. The van der Waals surface area contributed by atoms with Crippen LogP contribution in [-0.2, 0) is 11.3 Å². The molecular formula is C24H32FIN4O3. The van der Waals surface area contributed by atoms with Gasteiger partial charge in [-0.05, 0) is 68.0 Å². The summed E-state index contributed by atoms with van der Waals surface area (Å²) in [7, 11) is 0. The zero-order valence-electron chi connectivity index (χ0n) is 19.0. The molecule has 2 aromatic rings. The molecule has 2 aromatic carbocycles. The second-order valence-corrected chi connectivity index (χ2v) is 7.91. The van der Waals surface area contributed by atoms with Crippen molar-refractivity contribution in [2.75, 3.05) is 19.8 Å². The minimum absolute atomic E-state index is 0. The third-order valence-electron chi connectivity index (χ3n) is 5.02. The number of hydrogen-bond donors (Lipinski definition) is 3. The summed E-state index contributed by atoms with van der Waals surface area (Å²) in [6, 6.07) is 12.2. The third kappa shape index (κ3) is 9.07. The maximum absolute atomic E-state index is 14.4. The molecule has 0 saturated heterocycles. The first-order valence-corrected chi connectivity index (χ1v) is 10.9. The van der Waals surface area contributed by atoms with Gasteiger partial charge in [0.05, 0.1) is 19.2 Å². The second-order valence-electron chi connectivity index (χ2n) is 7.91. The molecule has 0 aromatic heterocycles. The van der Waals surface area contributed by atoms with Gasteiger partial charge in [0.2, 0.25) is 0 Å². The van der Waals surface area contributed by atoms with Crippen LogP contribution in [0.1, 0.15) is 43.9 Å². The number of nitrogens with one attached hydrogen (secondary N) is 2. The third-order valence-corrected chi connectivity index (χ3v) is 5.02. The molecule has 0 spiro atoms. The summed E-state index contributed by atoms with van der Waals surface area (Å²) >= 11 is 0. The lowest BCUT2D eigenvalue weighted by molar-refractivity contribution is -0.119. The fraction of sp³-hybridized carbons (Fsp3) is 0.417. The zero-order valence-corrected chi connectivity index (χ0v) is 21.3. The number of hydrogen-bond acceptors (Lipinski definition) is 4. The van der Waals surface area contributed by atoms with Crippen molar-refractivity contribution in [1.29, 1.82) is 0 Å². The van der Waals surface area contributed by atoms with Crippen molar-refractivity contribution in [3.8, 4) is 11.5 Å². The average molecular weight is 570 g/mol. The lowest BCUT2D eigenvalue weighted by Crippen LogP contribution is -2.38. The van der Waals surface area contributed by atoms with Gasteiger partial charge in [0.1, 0.15) is 5.75 Å². The summed E-state index contributed by atoms with van der Waals surface area (Å²) in [6.07, 6.45) is 2.33. The number of benzene rings is 2. The Kier molecular flexibility index (Phi) is 10.7. The van der Waals surface area contributed by atoms with Gasteiger partial charge in [0, 0.05) is 6.54 Å². The Morgan fingerprint density at radius 3 is 2.70 bits per heavy atom. The van der Waals surface area contributed by atoms with E-state index in [9.17, 15) is 9.18 Å². The van der Waals surface area contributed by atoms with Gasteiger partial charge in [0.25, 0.3) is 5.91 Å². The van der Waals surface area contributed by atoms with Crippen molar-refractivity contribution >= 4 is 35.8 Å². The molecule has 4 N–H and O–H groups in total. The summed E-state index contributed by atoms with van der Waals surface area (Å²) in [5.74, 6) is 1.16. The van der Waals surface area contributed by atoms with Crippen LogP contribution in [0.15, 0.2) is 47.5 Å². The number of amides is 1. The lowest BCUT2D eigenvalue weighted by Gasteiger charge is -2.19. The topological polar surface area (TPSA) is 98.0 Å². The monoisotopic (exact) mass is 570 g/mol. The number of nitrogens with two attached hydrogens (primary N) is 1. The largest absolute Gasteiger partial charge is 0.490 e. The Hall–Kier alpha value is -2.56. The Morgan fingerprint density at radius 2 is 2.03 bits per heavy atom. The standard InChI is InChI=1S/C24H31FN4O3.HI/c1-3-27-24(28-13-18-5-4-6-20(11-18)31-15-23(26)30)29-16(2)19-9-10-22(21(25)12-19)32-14-17-7-8-17;/h4-6,9-12,16-17H,3,7-8,13-15H2,1-2H3,(H2,26,30)(H2,27,28,29);1H. The van der Waals surface area contributed by atoms with E-state index >= 15 is 0 Å². The molecule has 7 nitrogen and oxygen atoms in total. The highest BCUT2D eigenvalue weighted by Gasteiger charge is 2.22. The number of ether oxygens (including phenoxy) is 2. The highest BCUT2D eigenvalue weighted by atomic mass is 127. The highest BCUT2D eigenvalue weighted by Crippen LogP contribution is 2.30. The molecule has 0 heterocycles. The molecule has 3 rings (SSSR count). The number of nitrogens with zero attached hydrogens (tertiary/aromatic N) is 1. The normalized spacial score (nSPS) is 14.1. The van der Waals surface area contributed by atoms with Crippen LogP contribution in [0, 0.1) is 11.7 Å². The van der Waals surface area contributed by atoms with E-state index in [4.69, 9.17) is 15.2 Å². The lowest BCUT2D eigenvalue weighted by atomic mass is 10.1. The van der Waals surface area contributed by atoms with E-state index in [0.29, 0.717) is 43.1 Å². The van der Waals surface area contributed by atoms with Crippen LogP contribution >= 0.6 is 24.0 Å². The van der Waals surface area contributed by atoms with Crippen molar-refractivity contribution in [3.05, 3.63) is 59.4 Å². The van der Waals surface area contributed by atoms with E-state index in [2.05, 4.69) is 15.6 Å². The minimum Gasteiger partial charge on any atom is -0.490 e. The number of carbonyl (C=O) groups excluding carboxylic acids is 1. The Morgan fingerprint density at radius 1 is 1.24 bits per heavy atom. The van der Waals surface area contributed by atoms with Gasteiger partial charge in [-0.3, -0.25) is 4.79 Å². The summed E-state index contributed by atoms with van der Waals surface area (Å²) < 4.78 is 25.4. The quantitative estimate of drug-likeness (QED) is 0.216. The van der Waals surface area contributed by atoms with E-state index in [-0.39, 0.29) is 42.4 Å². The van der Waals surface area contributed by atoms with E-state index in [1.54, 1.807) is 12.1 Å². The number of primary amides is 1. The molecule has 1 atom stereocenters. The zero-order chi connectivity index (χ0) is 22.9. The van der Waals surface area contributed by atoms with Gasteiger partial charge in [-0.2, -0.15) is 0 Å². The molecule has 1 unspecified atom stereocenters. The van der Waals surface area contributed by atoms with E-state index < -0.39 is 5.91 Å². The van der Waals surface area contributed by atoms with Crippen molar-refractivity contribution in [2.45, 2.75) is 39.3 Å². The van der Waals surface area contributed by atoms with Gasteiger partial charge in [-0.1, -0.05) is 18.2 Å². The molecule has 180 valence electrons. The first kappa shape index (κ1) is 26.7. The molecule has 1 aliphatic rings. The second kappa shape index (κ2) is 13.2.